The van der Waals surface area contributed by atoms with Crippen LogP contribution in [-0.4, -0.2) is 39.3 Å². The Hall–Kier alpha value is -0.370. The van der Waals surface area contributed by atoms with E-state index in [0.29, 0.717) is 6.42 Å². The minimum absolute atomic E-state index is 0.00811. The van der Waals surface area contributed by atoms with Crippen LogP contribution in [-0.2, 0) is 19.1 Å². The molecule has 0 heterocycles. The predicted molar refractivity (Wildman–Crippen MR) is 64.2 cm³/mol. The van der Waals surface area contributed by atoms with Crippen LogP contribution in [0.3, 0.4) is 0 Å². The smallest absolute Gasteiger partial charge is 0.303 e. The lowest BCUT2D eigenvalue weighted by molar-refractivity contribution is -0.179. The van der Waals surface area contributed by atoms with Crippen molar-refractivity contribution in [2.45, 2.75) is 48.9 Å². The van der Waals surface area contributed by atoms with Gasteiger partial charge in [0.15, 0.2) is 6.10 Å². The molecule has 1 aliphatic carbocycles. The maximum absolute atomic E-state index is 10.9. The van der Waals surface area contributed by atoms with Gasteiger partial charge in [-0.1, -0.05) is 22.6 Å². The van der Waals surface area contributed by atoms with Crippen molar-refractivity contribution in [1.82, 2.24) is 0 Å². The Morgan fingerprint density at radius 3 is 2.25 bits per heavy atom. The van der Waals surface area contributed by atoms with E-state index in [0.717, 1.165) is 6.42 Å². The van der Waals surface area contributed by atoms with E-state index in [-0.39, 0.29) is 3.92 Å². The van der Waals surface area contributed by atoms with Crippen molar-refractivity contribution in [2.75, 3.05) is 0 Å². The summed E-state index contributed by atoms with van der Waals surface area (Å²) >= 11 is 2.11. The number of hydrogen-bond donors (Lipinski definition) is 1. The number of carbonyl (C=O) groups excluding carboxylic acids is 2. The topological polar surface area (TPSA) is 72.8 Å². The third-order valence-corrected chi connectivity index (χ3v) is 3.78. The third kappa shape index (κ3) is 3.58. The number of esters is 2. The lowest BCUT2D eigenvalue weighted by Gasteiger charge is -2.36. The van der Waals surface area contributed by atoms with E-state index in [2.05, 4.69) is 22.6 Å². The summed E-state index contributed by atoms with van der Waals surface area (Å²) < 4.78 is 10.1. The normalized spacial score (nSPS) is 34.2. The van der Waals surface area contributed by atoms with Crippen LogP contribution < -0.4 is 0 Å². The number of ether oxygens (including phenoxy) is 2. The maximum atomic E-state index is 10.9. The summed E-state index contributed by atoms with van der Waals surface area (Å²) in [6, 6.07) is 0. The molecule has 0 unspecified atom stereocenters. The van der Waals surface area contributed by atoms with Crippen LogP contribution in [0.15, 0.2) is 0 Å². The number of halogens is 1. The number of aliphatic hydroxyl groups excluding tert-OH is 1. The molecule has 1 fully saturated rings. The molecule has 92 valence electrons. The van der Waals surface area contributed by atoms with Gasteiger partial charge in [-0.25, -0.2) is 0 Å². The summed E-state index contributed by atoms with van der Waals surface area (Å²) in [5, 5.41) is 9.89. The zero-order valence-electron chi connectivity index (χ0n) is 9.18. The second kappa shape index (κ2) is 5.81. The largest absolute Gasteiger partial charge is 0.458 e. The summed E-state index contributed by atoms with van der Waals surface area (Å²) in [7, 11) is 0. The number of rotatable bonds is 2. The van der Waals surface area contributed by atoms with Crippen molar-refractivity contribution in [3.63, 3.8) is 0 Å². The molecule has 1 saturated carbocycles. The third-order valence-electron chi connectivity index (χ3n) is 2.42. The van der Waals surface area contributed by atoms with Crippen molar-refractivity contribution in [3.8, 4) is 0 Å². The van der Waals surface area contributed by atoms with Crippen LogP contribution in [0.2, 0.25) is 0 Å². The van der Waals surface area contributed by atoms with Gasteiger partial charge in [0.25, 0.3) is 0 Å². The molecule has 6 heteroatoms. The molecule has 0 saturated heterocycles. The van der Waals surface area contributed by atoms with Gasteiger partial charge in [-0.05, 0) is 12.8 Å². The van der Waals surface area contributed by atoms with E-state index >= 15 is 0 Å². The first-order valence-electron chi connectivity index (χ1n) is 5.08. The first-order chi connectivity index (χ1) is 7.41. The van der Waals surface area contributed by atoms with Gasteiger partial charge in [0.1, 0.15) is 12.2 Å². The molecule has 0 aromatic carbocycles. The molecule has 0 amide bonds. The number of hydrogen-bond acceptors (Lipinski definition) is 5. The lowest BCUT2D eigenvalue weighted by atomic mass is 9.91. The Morgan fingerprint density at radius 2 is 1.75 bits per heavy atom. The fourth-order valence-electron chi connectivity index (χ4n) is 1.76. The molecule has 0 radical (unpaired) electrons. The molecule has 0 spiro atoms. The fraction of sp³-hybridized carbons (Fsp3) is 0.800. The minimum Gasteiger partial charge on any atom is -0.458 e. The van der Waals surface area contributed by atoms with Gasteiger partial charge < -0.3 is 14.6 Å². The Balaban J connectivity index is 2.72. The molecule has 0 bridgehead atoms. The molecule has 4 atom stereocenters. The Morgan fingerprint density at radius 1 is 1.19 bits per heavy atom. The highest BCUT2D eigenvalue weighted by Gasteiger charge is 2.41. The maximum Gasteiger partial charge on any atom is 0.303 e. The first kappa shape index (κ1) is 13.7. The zero-order valence-corrected chi connectivity index (χ0v) is 11.3. The summed E-state index contributed by atoms with van der Waals surface area (Å²) in [6.45, 7) is 2.57. The van der Waals surface area contributed by atoms with E-state index in [1.54, 1.807) is 0 Å². The van der Waals surface area contributed by atoms with Crippen molar-refractivity contribution in [3.05, 3.63) is 0 Å². The van der Waals surface area contributed by atoms with Crippen molar-refractivity contribution in [1.29, 1.82) is 0 Å². The van der Waals surface area contributed by atoms with Crippen LogP contribution in [0.1, 0.15) is 26.7 Å². The van der Waals surface area contributed by atoms with E-state index < -0.39 is 30.3 Å². The van der Waals surface area contributed by atoms with Crippen molar-refractivity contribution < 1.29 is 24.2 Å². The van der Waals surface area contributed by atoms with Crippen LogP contribution >= 0.6 is 22.6 Å². The van der Waals surface area contributed by atoms with Gasteiger partial charge in [0.05, 0.1) is 0 Å². The predicted octanol–water partition coefficient (Wildman–Crippen LogP) is 0.808. The fourth-order valence-corrected chi connectivity index (χ4v) is 2.53. The molecule has 0 aromatic heterocycles. The molecule has 1 N–H and O–H groups in total. The highest BCUT2D eigenvalue weighted by molar-refractivity contribution is 14.1. The van der Waals surface area contributed by atoms with E-state index in [4.69, 9.17) is 9.47 Å². The van der Waals surface area contributed by atoms with Gasteiger partial charge in [0, 0.05) is 17.8 Å². The van der Waals surface area contributed by atoms with E-state index in [1.807, 2.05) is 0 Å². The summed E-state index contributed by atoms with van der Waals surface area (Å²) in [5.74, 6) is -0.909. The van der Waals surface area contributed by atoms with Gasteiger partial charge in [-0.15, -0.1) is 0 Å². The molecule has 0 aliphatic heterocycles. The average Bonchev–Trinajstić information content (AvgIpc) is 2.16. The van der Waals surface area contributed by atoms with E-state index in [9.17, 15) is 14.7 Å². The molecular formula is C10H15IO5. The molecule has 0 aromatic rings. The quantitative estimate of drug-likeness (QED) is 0.457. The highest BCUT2D eigenvalue weighted by Crippen LogP contribution is 2.29. The summed E-state index contributed by atoms with van der Waals surface area (Å²) in [4.78, 5) is 21.8. The number of carbonyl (C=O) groups is 2. The molecule has 16 heavy (non-hydrogen) atoms. The molecular weight excluding hydrogens is 327 g/mol. The van der Waals surface area contributed by atoms with Crippen LogP contribution in [0.5, 0.6) is 0 Å². The lowest BCUT2D eigenvalue weighted by Crippen LogP contribution is -2.50. The Labute approximate surface area is 108 Å². The van der Waals surface area contributed by atoms with E-state index in [1.165, 1.54) is 13.8 Å². The minimum atomic E-state index is -0.789. The van der Waals surface area contributed by atoms with Gasteiger partial charge >= 0.3 is 11.9 Å². The van der Waals surface area contributed by atoms with Crippen molar-refractivity contribution in [2.24, 2.45) is 0 Å². The molecule has 5 nitrogen and oxygen atoms in total. The van der Waals surface area contributed by atoms with Gasteiger partial charge in [-0.3, -0.25) is 9.59 Å². The Bertz CT molecular complexity index is 280. The van der Waals surface area contributed by atoms with Crippen LogP contribution in [0.25, 0.3) is 0 Å². The SMILES string of the molecule is CC(=O)O[C@H]1[C@@H](O)[C@H](I)CC[C@H]1OC(C)=O. The summed E-state index contributed by atoms with van der Waals surface area (Å²) in [5.41, 5.74) is 0. The summed E-state index contributed by atoms with van der Waals surface area (Å²) in [6.07, 6.45) is -0.748. The van der Waals surface area contributed by atoms with Gasteiger partial charge in [-0.2, -0.15) is 0 Å². The van der Waals surface area contributed by atoms with Crippen molar-refractivity contribution >= 4 is 34.5 Å². The van der Waals surface area contributed by atoms with Gasteiger partial charge in [0.2, 0.25) is 0 Å². The average molecular weight is 342 g/mol. The highest BCUT2D eigenvalue weighted by atomic mass is 127. The van der Waals surface area contributed by atoms with Crippen LogP contribution in [0, 0.1) is 0 Å². The van der Waals surface area contributed by atoms with Crippen LogP contribution in [0.4, 0.5) is 0 Å². The number of aliphatic hydroxyl groups is 1. The second-order valence-corrected chi connectivity index (χ2v) is 5.41. The Kier molecular flexibility index (Phi) is 4.97. The monoisotopic (exact) mass is 342 g/mol. The molecule has 1 rings (SSSR count). The number of alkyl halides is 1. The standard InChI is InChI=1S/C10H15IO5/c1-5(12)15-8-4-3-7(11)9(14)10(8)16-6(2)13/h7-10,14H,3-4H2,1-2H3/t7-,8-,9+,10-/m1/s1. The first-order valence-corrected chi connectivity index (χ1v) is 6.33. The molecule has 1 aliphatic rings. The zero-order chi connectivity index (χ0) is 12.3. The second-order valence-electron chi connectivity index (χ2n) is 3.81.